The van der Waals surface area contributed by atoms with Crippen LogP contribution in [0.5, 0.6) is 5.75 Å². The number of benzene rings is 7. The molecule has 4 heteroatoms. The minimum atomic E-state index is -0.141. The molecule has 9 aromatic rings. The molecule has 4 nitrogen and oxygen atoms in total. The van der Waals surface area contributed by atoms with E-state index in [1.807, 2.05) is 12.3 Å². The molecule has 316 valence electrons. The van der Waals surface area contributed by atoms with Crippen LogP contribution in [0.1, 0.15) is 78.0 Å². The minimum absolute atomic E-state index is 0.0504. The van der Waals surface area contributed by atoms with Crippen LogP contribution in [0.3, 0.4) is 0 Å². The molecule has 0 spiro atoms. The molecular weight excluding hydrogens is 779 g/mol. The lowest BCUT2D eigenvalue weighted by Gasteiger charge is -2.42. The molecule has 0 radical (unpaired) electrons. The number of imidazole rings is 1. The number of aromatic hydroxyl groups is 1. The number of phenolic OH excluding ortho intramolecular Hbond substituents is 1. The fourth-order valence-electron chi connectivity index (χ4n) is 9.69. The third-order valence-corrected chi connectivity index (χ3v) is 13.6. The maximum Gasteiger partial charge on any atom is 0.149 e. The largest absolute Gasteiger partial charge is 0.507 e. The van der Waals surface area contributed by atoms with Crippen LogP contribution in [-0.4, -0.2) is 19.6 Å². The monoisotopic (exact) mass is 833 g/mol. The number of nitrogens with zero attached hydrogens (tertiary/aromatic N) is 3. The molecule has 0 aliphatic heterocycles. The fourth-order valence-corrected chi connectivity index (χ4v) is 9.69. The van der Waals surface area contributed by atoms with Crippen LogP contribution in [0.15, 0.2) is 176 Å². The van der Waals surface area contributed by atoms with Crippen LogP contribution in [0, 0.1) is 0 Å². The third-order valence-electron chi connectivity index (χ3n) is 13.6. The lowest BCUT2D eigenvalue weighted by molar-refractivity contribution is 0.330. The molecule has 7 aromatic carbocycles. The molecule has 0 atom stereocenters. The van der Waals surface area contributed by atoms with Crippen molar-refractivity contribution in [3.05, 3.63) is 193 Å². The Morgan fingerprint density at radius 3 is 1.77 bits per heavy atom. The molecule has 0 fully saturated rings. The van der Waals surface area contributed by atoms with Gasteiger partial charge in [-0.1, -0.05) is 170 Å². The smallest absolute Gasteiger partial charge is 0.149 e. The van der Waals surface area contributed by atoms with Gasteiger partial charge in [-0.15, -0.1) is 0 Å². The number of para-hydroxylation sites is 2. The van der Waals surface area contributed by atoms with Crippen molar-refractivity contribution in [2.75, 3.05) is 0 Å². The van der Waals surface area contributed by atoms with E-state index in [4.69, 9.17) is 9.97 Å². The van der Waals surface area contributed by atoms with Gasteiger partial charge in [-0.25, -0.2) is 4.98 Å². The van der Waals surface area contributed by atoms with Crippen molar-refractivity contribution < 1.29 is 5.11 Å². The van der Waals surface area contributed by atoms with Crippen molar-refractivity contribution >= 4 is 11.0 Å². The first-order valence-electron chi connectivity index (χ1n) is 22.6. The second kappa shape index (κ2) is 15.6. The Morgan fingerprint density at radius 2 is 1.08 bits per heavy atom. The van der Waals surface area contributed by atoms with Gasteiger partial charge in [0, 0.05) is 22.9 Å². The van der Waals surface area contributed by atoms with E-state index in [9.17, 15) is 5.11 Å². The Morgan fingerprint density at radius 1 is 0.500 bits per heavy atom. The maximum atomic E-state index is 12.2. The van der Waals surface area contributed by atoms with Crippen LogP contribution < -0.4 is 0 Å². The zero-order chi connectivity index (χ0) is 44.4. The van der Waals surface area contributed by atoms with E-state index >= 15 is 0 Å². The summed E-state index contributed by atoms with van der Waals surface area (Å²) in [6.45, 7) is 16.1. The van der Waals surface area contributed by atoms with Crippen molar-refractivity contribution in [2.45, 2.75) is 77.6 Å². The molecule has 0 saturated carbocycles. The van der Waals surface area contributed by atoms with E-state index in [2.05, 4.69) is 217 Å². The molecule has 2 aromatic heterocycles. The van der Waals surface area contributed by atoms with Gasteiger partial charge < -0.3 is 5.11 Å². The molecule has 1 aliphatic rings. The van der Waals surface area contributed by atoms with Gasteiger partial charge in [-0.3, -0.25) is 9.55 Å². The molecular formula is C60H55N3O. The molecule has 64 heavy (non-hydrogen) atoms. The highest BCUT2D eigenvalue weighted by atomic mass is 16.3. The average molecular weight is 834 g/mol. The van der Waals surface area contributed by atoms with Crippen molar-refractivity contribution in [1.29, 1.82) is 0 Å². The molecule has 1 N–H and O–H groups in total. The molecule has 0 amide bonds. The van der Waals surface area contributed by atoms with E-state index in [1.165, 1.54) is 27.8 Å². The first-order chi connectivity index (χ1) is 30.7. The van der Waals surface area contributed by atoms with Crippen molar-refractivity contribution in [2.24, 2.45) is 0 Å². The minimum Gasteiger partial charge on any atom is -0.507 e. The Balaban J connectivity index is 1.17. The Labute approximate surface area is 378 Å². The van der Waals surface area contributed by atoms with Gasteiger partial charge in [0.05, 0.1) is 28.0 Å². The summed E-state index contributed by atoms with van der Waals surface area (Å²) in [6, 6.07) is 60.3. The maximum absolute atomic E-state index is 12.2. The zero-order valence-corrected chi connectivity index (χ0v) is 37.9. The predicted octanol–water partition coefficient (Wildman–Crippen LogP) is 15.8. The number of aromatic nitrogens is 3. The first kappa shape index (κ1) is 41.0. The highest BCUT2D eigenvalue weighted by molar-refractivity contribution is 5.98. The highest BCUT2D eigenvalue weighted by Crippen LogP contribution is 2.50. The van der Waals surface area contributed by atoms with Gasteiger partial charge in [0.2, 0.25) is 0 Å². The number of hydrogen-bond donors (Lipinski definition) is 1. The highest BCUT2D eigenvalue weighted by Gasteiger charge is 2.38. The van der Waals surface area contributed by atoms with Gasteiger partial charge in [0.1, 0.15) is 11.6 Å². The molecule has 0 saturated heterocycles. The zero-order valence-electron chi connectivity index (χ0n) is 37.9. The summed E-state index contributed by atoms with van der Waals surface area (Å²) >= 11 is 0. The Kier molecular flexibility index (Phi) is 10.0. The SMILES string of the molecule is CC(C)(C)c1cc(-c2cc(-c3ccc(-c4ccccc4)cc3)ccn2)cc(-c2cccc3c2nc(-c2cc4c(cc2O)C(C)(C)CCC4(C)C)n3-c2ccccc2-c2ccccc2)c1. The van der Waals surface area contributed by atoms with Crippen LogP contribution in [0.4, 0.5) is 0 Å². The summed E-state index contributed by atoms with van der Waals surface area (Å²) in [7, 11) is 0. The summed E-state index contributed by atoms with van der Waals surface area (Å²) in [4.78, 5) is 10.6. The Hall–Kier alpha value is -7.04. The average Bonchev–Trinajstić information content (AvgIpc) is 3.70. The lowest BCUT2D eigenvalue weighted by atomic mass is 9.63. The second-order valence-electron chi connectivity index (χ2n) is 19.9. The quantitative estimate of drug-likeness (QED) is 0.174. The lowest BCUT2D eigenvalue weighted by Crippen LogP contribution is -2.33. The van der Waals surface area contributed by atoms with Crippen LogP contribution in [0.25, 0.3) is 83.9 Å². The summed E-state index contributed by atoms with van der Waals surface area (Å²) in [6.07, 6.45) is 4.06. The van der Waals surface area contributed by atoms with E-state index in [0.717, 1.165) is 79.8 Å². The fraction of sp³-hybridized carbons (Fsp3) is 0.200. The van der Waals surface area contributed by atoms with Crippen molar-refractivity contribution in [3.63, 3.8) is 0 Å². The molecule has 0 bridgehead atoms. The summed E-state index contributed by atoms with van der Waals surface area (Å²) in [5.74, 6) is 0.961. The normalized spacial score (nSPS) is 14.4. The van der Waals surface area contributed by atoms with Gasteiger partial charge in [0.15, 0.2) is 0 Å². The number of hydrogen-bond acceptors (Lipinski definition) is 3. The predicted molar refractivity (Wildman–Crippen MR) is 267 cm³/mol. The number of rotatable bonds is 7. The summed E-state index contributed by atoms with van der Waals surface area (Å²) in [5, 5.41) is 12.2. The van der Waals surface area contributed by atoms with Crippen LogP contribution >= 0.6 is 0 Å². The van der Waals surface area contributed by atoms with Gasteiger partial charge in [0.25, 0.3) is 0 Å². The third kappa shape index (κ3) is 7.41. The second-order valence-corrected chi connectivity index (χ2v) is 19.9. The summed E-state index contributed by atoms with van der Waals surface area (Å²) in [5.41, 5.74) is 17.9. The number of fused-ring (bicyclic) bond motifs is 2. The Bertz CT molecular complexity index is 3190. The van der Waals surface area contributed by atoms with E-state index in [-0.39, 0.29) is 22.0 Å². The van der Waals surface area contributed by atoms with E-state index in [1.54, 1.807) is 0 Å². The first-order valence-corrected chi connectivity index (χ1v) is 22.6. The van der Waals surface area contributed by atoms with Gasteiger partial charge in [-0.05, 0) is 128 Å². The van der Waals surface area contributed by atoms with Crippen LogP contribution in [0.2, 0.25) is 0 Å². The number of phenols is 1. The molecule has 0 unspecified atom stereocenters. The molecule has 1 aliphatic carbocycles. The van der Waals surface area contributed by atoms with E-state index < -0.39 is 0 Å². The van der Waals surface area contributed by atoms with Gasteiger partial charge >= 0.3 is 0 Å². The van der Waals surface area contributed by atoms with E-state index in [0.29, 0.717) is 5.82 Å². The summed E-state index contributed by atoms with van der Waals surface area (Å²) < 4.78 is 2.27. The van der Waals surface area contributed by atoms with Crippen molar-refractivity contribution in [3.8, 4) is 78.6 Å². The van der Waals surface area contributed by atoms with Crippen LogP contribution in [-0.2, 0) is 16.2 Å². The standard InChI is InChI=1S/C60H55N3O/c1-58(2,3)46-34-44(33-45(35-46)52-36-43(29-32-61-52)41-27-25-40(26-28-41)39-17-10-8-11-18-39)48-22-16-24-54-56(48)62-57(63(54)53-23-15-14-21-47(53)42-19-12-9-13-20-42)49-37-50-51(38-55(49)64)60(6,7)31-30-59(50,4)5/h8-29,32-38,64H,30-31H2,1-7H3. The van der Waals surface area contributed by atoms with Gasteiger partial charge in [-0.2, -0.15) is 0 Å². The van der Waals surface area contributed by atoms with Crippen molar-refractivity contribution in [1.82, 2.24) is 14.5 Å². The molecule has 10 rings (SSSR count). The molecule has 2 heterocycles. The topological polar surface area (TPSA) is 50.9 Å². The number of pyridine rings is 1.